The molecular weight excluding hydrogens is 269 g/mol. The van der Waals surface area contributed by atoms with Gasteiger partial charge in [-0.3, -0.25) is 0 Å². The highest BCUT2D eigenvalue weighted by atomic mass is 35.5. The molecule has 2 aromatic rings. The summed E-state index contributed by atoms with van der Waals surface area (Å²) in [4.78, 5) is 5.19. The molecule has 0 unspecified atom stereocenters. The minimum absolute atomic E-state index is 0.418. The lowest BCUT2D eigenvalue weighted by Crippen LogP contribution is -1.87. The van der Waals surface area contributed by atoms with E-state index in [1.807, 2.05) is 48.5 Å². The maximum Gasteiger partial charge on any atom is 0.142 e. The van der Waals surface area contributed by atoms with E-state index in [1.54, 1.807) is 6.21 Å². The highest BCUT2D eigenvalue weighted by molar-refractivity contribution is 6.30. The molecule has 0 aliphatic rings. The average Bonchev–Trinajstić information content (AvgIpc) is 2.39. The minimum atomic E-state index is 0.418. The van der Waals surface area contributed by atoms with Gasteiger partial charge >= 0.3 is 0 Å². The van der Waals surface area contributed by atoms with Crippen molar-refractivity contribution in [2.75, 3.05) is 0 Å². The van der Waals surface area contributed by atoms with Crippen molar-refractivity contribution in [3.05, 3.63) is 69.7 Å². The van der Waals surface area contributed by atoms with Crippen molar-refractivity contribution < 1.29 is 4.84 Å². The first-order valence-corrected chi connectivity index (χ1v) is 6.15. The lowest BCUT2D eigenvalue weighted by atomic mass is 10.2. The lowest BCUT2D eigenvalue weighted by Gasteiger charge is -1.99. The molecule has 2 nitrogen and oxygen atoms in total. The second-order valence-electron chi connectivity index (χ2n) is 3.69. The fraction of sp³-hybridized carbons (Fsp3) is 0.0714. The Bertz CT molecular complexity index is 520. The number of hydrogen-bond acceptors (Lipinski definition) is 2. The predicted molar refractivity (Wildman–Crippen MR) is 75.3 cm³/mol. The summed E-state index contributed by atoms with van der Waals surface area (Å²) < 4.78 is 0. The van der Waals surface area contributed by atoms with E-state index >= 15 is 0 Å². The summed E-state index contributed by atoms with van der Waals surface area (Å²) in [6, 6.07) is 14.8. The first-order valence-electron chi connectivity index (χ1n) is 5.39. The van der Waals surface area contributed by atoms with Crippen LogP contribution in [-0.4, -0.2) is 6.21 Å². The molecule has 0 N–H and O–H groups in total. The van der Waals surface area contributed by atoms with Gasteiger partial charge in [0.15, 0.2) is 0 Å². The van der Waals surface area contributed by atoms with Gasteiger partial charge in [-0.2, -0.15) is 0 Å². The third-order valence-corrected chi connectivity index (χ3v) is 2.79. The zero-order chi connectivity index (χ0) is 12.8. The van der Waals surface area contributed by atoms with E-state index in [9.17, 15) is 0 Å². The van der Waals surface area contributed by atoms with Crippen LogP contribution in [0.15, 0.2) is 53.7 Å². The van der Waals surface area contributed by atoms with Crippen LogP contribution < -0.4 is 0 Å². The van der Waals surface area contributed by atoms with Gasteiger partial charge in [0.2, 0.25) is 0 Å². The van der Waals surface area contributed by atoms with Gasteiger partial charge in [0.05, 0.1) is 6.21 Å². The van der Waals surface area contributed by atoms with Gasteiger partial charge in [-0.05, 0) is 35.4 Å². The zero-order valence-corrected chi connectivity index (χ0v) is 11.0. The summed E-state index contributed by atoms with van der Waals surface area (Å²) in [6.07, 6.45) is 1.65. The molecule has 0 bridgehead atoms. The highest BCUT2D eigenvalue weighted by Crippen LogP contribution is 2.10. The molecule has 4 heteroatoms. The molecule has 0 saturated carbocycles. The molecule has 0 saturated heterocycles. The summed E-state index contributed by atoms with van der Waals surface area (Å²) >= 11 is 11.6. The van der Waals surface area contributed by atoms with Crippen LogP contribution >= 0.6 is 23.2 Å². The quantitative estimate of drug-likeness (QED) is 0.595. The number of nitrogens with zero attached hydrogens (tertiary/aromatic N) is 1. The molecule has 0 atom stereocenters. The normalized spacial score (nSPS) is 10.8. The van der Waals surface area contributed by atoms with E-state index in [4.69, 9.17) is 28.0 Å². The second kappa shape index (κ2) is 6.43. The van der Waals surface area contributed by atoms with Crippen LogP contribution in [0.4, 0.5) is 0 Å². The fourth-order valence-electron chi connectivity index (χ4n) is 1.34. The summed E-state index contributed by atoms with van der Waals surface area (Å²) in [6.45, 7) is 0.418. The number of oxime groups is 1. The van der Waals surface area contributed by atoms with E-state index < -0.39 is 0 Å². The van der Waals surface area contributed by atoms with Crippen molar-refractivity contribution >= 4 is 29.4 Å². The topological polar surface area (TPSA) is 21.6 Å². The van der Waals surface area contributed by atoms with Crippen LogP contribution in [0.3, 0.4) is 0 Å². The van der Waals surface area contributed by atoms with Gasteiger partial charge in [0, 0.05) is 10.0 Å². The lowest BCUT2D eigenvalue weighted by molar-refractivity contribution is 0.132. The maximum absolute atomic E-state index is 5.78. The molecule has 0 heterocycles. The van der Waals surface area contributed by atoms with Crippen molar-refractivity contribution in [1.82, 2.24) is 0 Å². The van der Waals surface area contributed by atoms with Crippen LogP contribution in [-0.2, 0) is 11.4 Å². The minimum Gasteiger partial charge on any atom is -0.391 e. The average molecular weight is 280 g/mol. The molecule has 0 spiro atoms. The Morgan fingerprint density at radius 3 is 2.06 bits per heavy atom. The summed E-state index contributed by atoms with van der Waals surface area (Å²) in [5, 5.41) is 5.30. The van der Waals surface area contributed by atoms with Gasteiger partial charge in [-0.15, -0.1) is 0 Å². The molecule has 0 aliphatic carbocycles. The largest absolute Gasteiger partial charge is 0.391 e. The van der Waals surface area contributed by atoms with Crippen molar-refractivity contribution in [3.8, 4) is 0 Å². The smallest absolute Gasteiger partial charge is 0.142 e. The van der Waals surface area contributed by atoms with Crippen LogP contribution in [0.25, 0.3) is 0 Å². The molecule has 0 amide bonds. The second-order valence-corrected chi connectivity index (χ2v) is 4.56. The number of benzene rings is 2. The molecule has 0 fully saturated rings. The van der Waals surface area contributed by atoms with Crippen molar-refractivity contribution in [2.24, 2.45) is 5.16 Å². The van der Waals surface area contributed by atoms with Gasteiger partial charge in [-0.1, -0.05) is 52.6 Å². The molecule has 92 valence electrons. The molecular formula is C14H11Cl2NO. The summed E-state index contributed by atoms with van der Waals surface area (Å²) in [5.41, 5.74) is 1.96. The SMILES string of the molecule is Clc1ccc(/C=N/OCc2ccc(Cl)cc2)cc1. The van der Waals surface area contributed by atoms with Crippen molar-refractivity contribution in [1.29, 1.82) is 0 Å². The van der Waals surface area contributed by atoms with E-state index in [1.165, 1.54) is 0 Å². The standard InChI is InChI=1S/C14H11Cl2NO/c15-13-5-1-11(2-6-13)9-17-18-10-12-3-7-14(16)8-4-12/h1-9H,10H2/b17-9+. The summed E-state index contributed by atoms with van der Waals surface area (Å²) in [7, 11) is 0. The molecule has 0 aromatic heterocycles. The molecule has 18 heavy (non-hydrogen) atoms. The van der Waals surface area contributed by atoms with Crippen LogP contribution in [0.5, 0.6) is 0 Å². The van der Waals surface area contributed by atoms with Crippen molar-refractivity contribution in [3.63, 3.8) is 0 Å². The fourth-order valence-corrected chi connectivity index (χ4v) is 1.59. The van der Waals surface area contributed by atoms with E-state index in [0.29, 0.717) is 16.7 Å². The Morgan fingerprint density at radius 2 is 1.44 bits per heavy atom. The Labute approximate surface area is 116 Å². The van der Waals surface area contributed by atoms with Gasteiger partial charge in [0.25, 0.3) is 0 Å². The molecule has 2 rings (SSSR count). The number of hydrogen-bond donors (Lipinski definition) is 0. The van der Waals surface area contributed by atoms with Crippen LogP contribution in [0, 0.1) is 0 Å². The van der Waals surface area contributed by atoms with Gasteiger partial charge in [-0.25, -0.2) is 0 Å². The predicted octanol–water partition coefficient (Wildman–Crippen LogP) is 4.54. The summed E-state index contributed by atoms with van der Waals surface area (Å²) in [5.74, 6) is 0. The van der Waals surface area contributed by atoms with Crippen molar-refractivity contribution in [2.45, 2.75) is 6.61 Å². The van der Waals surface area contributed by atoms with Gasteiger partial charge < -0.3 is 4.84 Å². The highest BCUT2D eigenvalue weighted by Gasteiger charge is 1.93. The van der Waals surface area contributed by atoms with Gasteiger partial charge in [0.1, 0.15) is 6.61 Å². The molecule has 2 aromatic carbocycles. The first kappa shape index (κ1) is 12.9. The van der Waals surface area contributed by atoms with E-state index in [2.05, 4.69) is 5.16 Å². The monoisotopic (exact) mass is 279 g/mol. The zero-order valence-electron chi connectivity index (χ0n) is 9.51. The first-order chi connectivity index (χ1) is 8.74. The Balaban J connectivity index is 1.84. The Morgan fingerprint density at radius 1 is 0.889 bits per heavy atom. The third kappa shape index (κ3) is 4.06. The van der Waals surface area contributed by atoms with E-state index in [-0.39, 0.29) is 0 Å². The number of halogens is 2. The van der Waals surface area contributed by atoms with Crippen LogP contribution in [0.1, 0.15) is 11.1 Å². The van der Waals surface area contributed by atoms with Crippen LogP contribution in [0.2, 0.25) is 10.0 Å². The Kier molecular flexibility index (Phi) is 4.62. The third-order valence-electron chi connectivity index (χ3n) is 2.29. The Hall–Kier alpha value is -1.51. The van der Waals surface area contributed by atoms with E-state index in [0.717, 1.165) is 11.1 Å². The molecule has 0 aliphatic heterocycles. The maximum atomic E-state index is 5.78. The molecule has 0 radical (unpaired) electrons. The number of rotatable bonds is 4.